The number of carboxylic acids is 1. The molecule has 1 rings (SSSR count). The van der Waals surface area contributed by atoms with E-state index in [1.165, 1.54) is 0 Å². The summed E-state index contributed by atoms with van der Waals surface area (Å²) in [5, 5.41) is 13.9. The van der Waals surface area contributed by atoms with Gasteiger partial charge in [-0.25, -0.2) is 9.59 Å². The lowest BCUT2D eigenvalue weighted by Gasteiger charge is -2.25. The molecule has 0 aliphatic carbocycles. The van der Waals surface area contributed by atoms with Gasteiger partial charge in [-0.3, -0.25) is 0 Å². The number of benzene rings is 1. The maximum absolute atomic E-state index is 11.8. The van der Waals surface area contributed by atoms with Crippen molar-refractivity contribution in [3.05, 3.63) is 24.3 Å². The van der Waals surface area contributed by atoms with Crippen LogP contribution < -0.4 is 15.4 Å². The summed E-state index contributed by atoms with van der Waals surface area (Å²) < 4.78 is 10.0. The Labute approximate surface area is 123 Å². The average molecular weight is 296 g/mol. The van der Waals surface area contributed by atoms with Crippen LogP contribution in [0.5, 0.6) is 5.75 Å². The van der Waals surface area contributed by atoms with Crippen LogP contribution in [0.4, 0.5) is 10.5 Å². The van der Waals surface area contributed by atoms with Crippen molar-refractivity contribution < 1.29 is 24.2 Å². The quantitative estimate of drug-likeness (QED) is 0.711. The van der Waals surface area contributed by atoms with Gasteiger partial charge in [-0.1, -0.05) is 0 Å². The fourth-order valence-electron chi connectivity index (χ4n) is 1.65. The third-order valence-electron chi connectivity index (χ3n) is 2.43. The van der Waals surface area contributed by atoms with Crippen LogP contribution in [0.2, 0.25) is 0 Å². The Kier molecular flexibility index (Phi) is 5.98. The Morgan fingerprint density at radius 2 is 1.86 bits per heavy atom. The van der Waals surface area contributed by atoms with Crippen molar-refractivity contribution in [2.45, 2.75) is 19.4 Å². The normalized spacial score (nSPS) is 10.8. The van der Waals surface area contributed by atoms with Crippen molar-refractivity contribution >= 4 is 17.7 Å². The van der Waals surface area contributed by atoms with Crippen molar-refractivity contribution in [1.82, 2.24) is 5.32 Å². The Balaban J connectivity index is 2.51. The molecule has 7 nitrogen and oxygen atoms in total. The number of carbonyl (C=O) groups excluding carboxylic acids is 1. The van der Waals surface area contributed by atoms with Gasteiger partial charge in [0.05, 0.1) is 12.1 Å². The van der Waals surface area contributed by atoms with E-state index in [-0.39, 0.29) is 6.03 Å². The van der Waals surface area contributed by atoms with Gasteiger partial charge in [-0.15, -0.1) is 0 Å². The number of methoxy groups -OCH3 is 1. The van der Waals surface area contributed by atoms with Crippen LogP contribution >= 0.6 is 0 Å². The molecule has 0 unspecified atom stereocenters. The molecule has 0 saturated heterocycles. The summed E-state index contributed by atoms with van der Waals surface area (Å²) >= 11 is 0. The second kappa shape index (κ2) is 7.49. The molecule has 0 saturated carbocycles. The molecule has 7 heteroatoms. The third kappa shape index (κ3) is 6.62. The van der Waals surface area contributed by atoms with E-state index in [0.717, 1.165) is 0 Å². The van der Waals surface area contributed by atoms with Gasteiger partial charge in [-0.05, 0) is 38.1 Å². The monoisotopic (exact) mass is 296 g/mol. The smallest absolute Gasteiger partial charge is 0.341 e. The first-order valence-electron chi connectivity index (χ1n) is 6.35. The summed E-state index contributed by atoms with van der Waals surface area (Å²) in [7, 11) is 1.57. The highest BCUT2D eigenvalue weighted by Gasteiger charge is 2.20. The summed E-state index contributed by atoms with van der Waals surface area (Å²) in [6.45, 7) is 3.68. The van der Waals surface area contributed by atoms with Crippen LogP contribution in [-0.2, 0) is 9.53 Å². The molecular formula is C14H20N2O5. The molecular weight excluding hydrogens is 276 g/mol. The highest BCUT2D eigenvalue weighted by Crippen LogP contribution is 2.15. The van der Waals surface area contributed by atoms with Gasteiger partial charge >= 0.3 is 12.0 Å². The van der Waals surface area contributed by atoms with E-state index >= 15 is 0 Å². The molecule has 0 aliphatic rings. The number of urea groups is 1. The topological polar surface area (TPSA) is 96.9 Å². The molecule has 3 N–H and O–H groups in total. The van der Waals surface area contributed by atoms with Gasteiger partial charge in [0, 0.05) is 12.8 Å². The van der Waals surface area contributed by atoms with Gasteiger partial charge in [-0.2, -0.15) is 0 Å². The number of anilines is 1. The third-order valence-corrected chi connectivity index (χ3v) is 2.43. The van der Waals surface area contributed by atoms with Crippen LogP contribution in [0, 0.1) is 0 Å². The van der Waals surface area contributed by atoms with Gasteiger partial charge in [0.2, 0.25) is 0 Å². The van der Waals surface area contributed by atoms with Crippen molar-refractivity contribution in [3.8, 4) is 5.75 Å². The molecule has 0 aliphatic heterocycles. The molecule has 0 atom stereocenters. The summed E-state index contributed by atoms with van der Waals surface area (Å²) in [6, 6.07) is 6.06. The summed E-state index contributed by atoms with van der Waals surface area (Å²) in [6.07, 6.45) is 0. The lowest BCUT2D eigenvalue weighted by Crippen LogP contribution is -2.48. The standard InChI is InChI=1S/C14H20N2O5/c1-14(2,9-20-3)16-13(19)15-10-4-6-11(7-5-10)21-8-12(17)18/h4-7H,8-9H2,1-3H3,(H,17,18)(H2,15,16,19). The summed E-state index contributed by atoms with van der Waals surface area (Å²) in [5.74, 6) is -0.625. The van der Waals surface area contributed by atoms with E-state index in [1.54, 1.807) is 31.4 Å². The SMILES string of the molecule is COCC(C)(C)NC(=O)Nc1ccc(OCC(=O)O)cc1. The van der Waals surface area contributed by atoms with Crippen molar-refractivity contribution in [2.75, 3.05) is 25.6 Å². The molecule has 1 aromatic carbocycles. The van der Waals surface area contributed by atoms with Crippen LogP contribution in [0.25, 0.3) is 0 Å². The molecule has 2 amide bonds. The zero-order valence-electron chi connectivity index (χ0n) is 12.3. The van der Waals surface area contributed by atoms with Gasteiger partial charge in [0.15, 0.2) is 6.61 Å². The van der Waals surface area contributed by atoms with Crippen molar-refractivity contribution in [3.63, 3.8) is 0 Å². The zero-order chi connectivity index (χ0) is 15.9. The maximum atomic E-state index is 11.8. The fraction of sp³-hybridized carbons (Fsp3) is 0.429. The highest BCUT2D eigenvalue weighted by atomic mass is 16.5. The first-order valence-corrected chi connectivity index (χ1v) is 6.35. The van der Waals surface area contributed by atoms with E-state index in [4.69, 9.17) is 14.6 Å². The number of aliphatic carboxylic acids is 1. The minimum Gasteiger partial charge on any atom is -0.482 e. The Hall–Kier alpha value is -2.28. The van der Waals surface area contributed by atoms with Crippen LogP contribution in [-0.4, -0.2) is 43.0 Å². The number of carbonyl (C=O) groups is 2. The first kappa shape index (κ1) is 16.8. The maximum Gasteiger partial charge on any atom is 0.341 e. The molecule has 21 heavy (non-hydrogen) atoms. The largest absolute Gasteiger partial charge is 0.482 e. The lowest BCUT2D eigenvalue weighted by molar-refractivity contribution is -0.139. The molecule has 0 aromatic heterocycles. The predicted octanol–water partition coefficient (Wildman–Crippen LogP) is 1.70. The first-order chi connectivity index (χ1) is 9.82. The number of hydrogen-bond donors (Lipinski definition) is 3. The van der Waals surface area contributed by atoms with Crippen LogP contribution in [0.3, 0.4) is 0 Å². The number of rotatable bonds is 7. The molecule has 0 radical (unpaired) electrons. The molecule has 0 heterocycles. The number of ether oxygens (including phenoxy) is 2. The number of carboxylic acid groups (broad SMARTS) is 1. The highest BCUT2D eigenvalue weighted by molar-refractivity contribution is 5.89. The van der Waals surface area contributed by atoms with E-state index in [1.807, 2.05) is 13.8 Å². The molecule has 116 valence electrons. The number of hydrogen-bond acceptors (Lipinski definition) is 4. The molecule has 0 bridgehead atoms. The minimum absolute atomic E-state index is 0.351. The van der Waals surface area contributed by atoms with E-state index in [0.29, 0.717) is 18.0 Å². The second-order valence-electron chi connectivity index (χ2n) is 5.10. The van der Waals surface area contributed by atoms with Gasteiger partial charge in [0.25, 0.3) is 0 Å². The Bertz CT molecular complexity index is 485. The van der Waals surface area contributed by atoms with Crippen molar-refractivity contribution in [2.24, 2.45) is 0 Å². The Morgan fingerprint density at radius 1 is 1.24 bits per heavy atom. The minimum atomic E-state index is -1.04. The second-order valence-corrected chi connectivity index (χ2v) is 5.10. The lowest BCUT2D eigenvalue weighted by atomic mass is 10.1. The van der Waals surface area contributed by atoms with E-state index < -0.39 is 18.1 Å². The van der Waals surface area contributed by atoms with E-state index in [9.17, 15) is 9.59 Å². The summed E-state index contributed by atoms with van der Waals surface area (Å²) in [4.78, 5) is 22.2. The Morgan fingerprint density at radius 3 is 2.38 bits per heavy atom. The van der Waals surface area contributed by atoms with E-state index in [2.05, 4.69) is 10.6 Å². The summed E-state index contributed by atoms with van der Waals surface area (Å²) in [5.41, 5.74) is 0.0898. The number of nitrogens with one attached hydrogen (secondary N) is 2. The molecule has 0 spiro atoms. The number of amides is 2. The van der Waals surface area contributed by atoms with Crippen LogP contribution in [0.1, 0.15) is 13.8 Å². The van der Waals surface area contributed by atoms with Gasteiger partial charge < -0.3 is 25.2 Å². The van der Waals surface area contributed by atoms with Crippen molar-refractivity contribution in [1.29, 1.82) is 0 Å². The predicted molar refractivity (Wildman–Crippen MR) is 77.7 cm³/mol. The van der Waals surface area contributed by atoms with Crippen LogP contribution in [0.15, 0.2) is 24.3 Å². The fourth-order valence-corrected chi connectivity index (χ4v) is 1.65. The van der Waals surface area contributed by atoms with Gasteiger partial charge in [0.1, 0.15) is 5.75 Å². The molecule has 0 fully saturated rings. The average Bonchev–Trinajstić information content (AvgIpc) is 2.36. The molecule has 1 aromatic rings. The zero-order valence-corrected chi connectivity index (χ0v) is 12.3.